The highest BCUT2D eigenvalue weighted by Crippen LogP contribution is 2.58. The largest absolute Gasteiger partial charge is 1.00 e. The second kappa shape index (κ2) is 10.7. The minimum Gasteiger partial charge on any atom is -1.00 e. The molecule has 5 aromatic carbocycles. The molecular weight excluding hydrogens is 493 g/mol. The first-order valence-corrected chi connectivity index (χ1v) is 14.2. The van der Waals surface area contributed by atoms with E-state index in [9.17, 15) is 0 Å². The standard InChI is InChI=1S/C33H27NOP.ClH/c1-25-32(34-33(35-25)28-22-21-26-13-11-12-14-27(26)23-28)24-36(29-15-5-2-6-16-29,30-17-7-3-8-18-30)31-19-9-4-10-20-31;/h2-23H,24H2,1H3;1H/q+1;/p-1. The molecule has 1 heterocycles. The lowest BCUT2D eigenvalue weighted by atomic mass is 10.1. The van der Waals surface area contributed by atoms with Crippen molar-refractivity contribution in [3.63, 3.8) is 0 Å². The van der Waals surface area contributed by atoms with Gasteiger partial charge in [0.2, 0.25) is 5.89 Å². The summed E-state index contributed by atoms with van der Waals surface area (Å²) >= 11 is 0. The van der Waals surface area contributed by atoms with Crippen LogP contribution in [0.15, 0.2) is 138 Å². The Morgan fingerprint density at radius 1 is 0.595 bits per heavy atom. The third-order valence-electron chi connectivity index (χ3n) is 6.87. The van der Waals surface area contributed by atoms with Crippen molar-refractivity contribution >= 4 is 33.9 Å². The molecule has 0 bridgehead atoms. The maximum Gasteiger partial charge on any atom is 0.226 e. The van der Waals surface area contributed by atoms with Crippen molar-refractivity contribution in [3.8, 4) is 11.5 Å². The van der Waals surface area contributed by atoms with Crippen molar-refractivity contribution in [3.05, 3.63) is 145 Å². The first kappa shape index (κ1) is 25.0. The number of oxazole rings is 1. The van der Waals surface area contributed by atoms with Crippen LogP contribution in [0, 0.1) is 6.92 Å². The van der Waals surface area contributed by atoms with Crippen LogP contribution in [0.4, 0.5) is 0 Å². The molecular formula is C33H27ClNOP. The van der Waals surface area contributed by atoms with Crippen LogP contribution in [0.2, 0.25) is 0 Å². The van der Waals surface area contributed by atoms with E-state index in [-0.39, 0.29) is 12.4 Å². The van der Waals surface area contributed by atoms with Crippen LogP contribution in [0.25, 0.3) is 22.2 Å². The van der Waals surface area contributed by atoms with E-state index in [2.05, 4.69) is 133 Å². The van der Waals surface area contributed by atoms with Gasteiger partial charge in [-0.15, -0.1) is 0 Å². The summed E-state index contributed by atoms with van der Waals surface area (Å²) in [5.41, 5.74) is 2.02. The van der Waals surface area contributed by atoms with Crippen molar-refractivity contribution in [1.82, 2.24) is 4.98 Å². The molecule has 0 aliphatic carbocycles. The number of fused-ring (bicyclic) bond motifs is 1. The number of aromatic nitrogens is 1. The average Bonchev–Trinajstić information content (AvgIpc) is 3.32. The van der Waals surface area contributed by atoms with Gasteiger partial charge < -0.3 is 16.8 Å². The molecule has 0 unspecified atom stereocenters. The highest BCUT2D eigenvalue weighted by Gasteiger charge is 2.46. The molecule has 0 N–H and O–H groups in total. The normalized spacial score (nSPS) is 11.3. The highest BCUT2D eigenvalue weighted by atomic mass is 35.5. The molecule has 0 aliphatic rings. The number of hydrogen-bond donors (Lipinski definition) is 0. The molecule has 6 aromatic rings. The summed E-state index contributed by atoms with van der Waals surface area (Å²) < 4.78 is 6.31. The Morgan fingerprint density at radius 2 is 1.08 bits per heavy atom. The summed E-state index contributed by atoms with van der Waals surface area (Å²) in [6, 6.07) is 47.6. The molecule has 0 radical (unpaired) electrons. The zero-order chi connectivity index (χ0) is 24.4. The first-order valence-electron chi connectivity index (χ1n) is 12.2. The predicted molar refractivity (Wildman–Crippen MR) is 153 cm³/mol. The molecule has 4 heteroatoms. The maximum atomic E-state index is 6.31. The van der Waals surface area contributed by atoms with Crippen molar-refractivity contribution in [1.29, 1.82) is 0 Å². The van der Waals surface area contributed by atoms with E-state index >= 15 is 0 Å². The van der Waals surface area contributed by atoms with Crippen molar-refractivity contribution < 1.29 is 16.8 Å². The zero-order valence-corrected chi connectivity index (χ0v) is 22.2. The SMILES string of the molecule is Cc1oc(-c2ccc3ccccc3c2)nc1C[P+](c1ccccc1)(c1ccccc1)c1ccccc1.[Cl-]. The Labute approximate surface area is 224 Å². The summed E-state index contributed by atoms with van der Waals surface area (Å²) in [4.78, 5) is 5.11. The summed E-state index contributed by atoms with van der Waals surface area (Å²) in [6.45, 7) is 2.04. The van der Waals surface area contributed by atoms with Crippen LogP contribution in [0.1, 0.15) is 11.5 Å². The van der Waals surface area contributed by atoms with E-state index in [1.807, 2.05) is 6.92 Å². The van der Waals surface area contributed by atoms with Gasteiger partial charge in [0.15, 0.2) is 0 Å². The monoisotopic (exact) mass is 519 g/mol. The van der Waals surface area contributed by atoms with Gasteiger partial charge in [0.1, 0.15) is 40.8 Å². The Kier molecular flexibility index (Phi) is 7.24. The quantitative estimate of drug-likeness (QED) is 0.307. The third-order valence-corrected chi connectivity index (χ3v) is 11.2. The van der Waals surface area contributed by atoms with Crippen LogP contribution in [-0.2, 0) is 6.16 Å². The molecule has 6 rings (SSSR count). The molecule has 0 spiro atoms. The molecule has 0 atom stereocenters. The fourth-order valence-electron chi connectivity index (χ4n) is 5.01. The van der Waals surface area contributed by atoms with Crippen LogP contribution in [-0.4, -0.2) is 4.98 Å². The van der Waals surface area contributed by atoms with Crippen molar-refractivity contribution in [2.45, 2.75) is 13.1 Å². The lowest BCUT2D eigenvalue weighted by Gasteiger charge is -2.27. The fraction of sp³-hybridized carbons (Fsp3) is 0.0606. The number of halogens is 1. The van der Waals surface area contributed by atoms with Crippen molar-refractivity contribution in [2.75, 3.05) is 0 Å². The van der Waals surface area contributed by atoms with Crippen LogP contribution < -0.4 is 28.3 Å². The summed E-state index contributed by atoms with van der Waals surface area (Å²) in [5.74, 6) is 1.56. The summed E-state index contributed by atoms with van der Waals surface area (Å²) in [7, 11) is -2.04. The van der Waals surface area contributed by atoms with E-state index in [1.165, 1.54) is 26.7 Å². The predicted octanol–water partition coefficient (Wildman–Crippen LogP) is 4.30. The van der Waals surface area contributed by atoms with Crippen LogP contribution >= 0.6 is 7.26 Å². The Morgan fingerprint density at radius 3 is 1.62 bits per heavy atom. The maximum absolute atomic E-state index is 6.31. The molecule has 37 heavy (non-hydrogen) atoms. The lowest BCUT2D eigenvalue weighted by molar-refractivity contribution is -0.00000766. The fourth-order valence-corrected chi connectivity index (χ4v) is 9.24. The number of benzene rings is 5. The van der Waals surface area contributed by atoms with E-state index < -0.39 is 7.26 Å². The van der Waals surface area contributed by atoms with Gasteiger partial charge in [0.25, 0.3) is 0 Å². The van der Waals surface area contributed by atoms with Gasteiger partial charge in [-0.2, -0.15) is 0 Å². The number of nitrogens with zero attached hydrogens (tertiary/aromatic N) is 1. The molecule has 0 saturated heterocycles. The minimum atomic E-state index is -2.04. The van der Waals surface area contributed by atoms with Gasteiger partial charge >= 0.3 is 0 Å². The summed E-state index contributed by atoms with van der Waals surface area (Å²) in [6.07, 6.45) is 0.800. The first-order chi connectivity index (χ1) is 17.7. The molecule has 0 aliphatic heterocycles. The Bertz CT molecular complexity index is 1520. The molecule has 182 valence electrons. The smallest absolute Gasteiger partial charge is 0.226 e. The molecule has 0 amide bonds. The Balaban J connectivity index is 0.00000280. The number of aryl methyl sites for hydroxylation is 1. The van der Waals surface area contributed by atoms with Gasteiger partial charge in [-0.25, -0.2) is 4.98 Å². The van der Waals surface area contributed by atoms with Gasteiger partial charge in [0, 0.05) is 5.56 Å². The number of rotatable bonds is 6. The van der Waals surface area contributed by atoms with E-state index in [4.69, 9.17) is 9.40 Å². The van der Waals surface area contributed by atoms with E-state index in [1.54, 1.807) is 0 Å². The van der Waals surface area contributed by atoms with Gasteiger partial charge in [0.05, 0.1) is 0 Å². The topological polar surface area (TPSA) is 26.0 Å². The van der Waals surface area contributed by atoms with Crippen LogP contribution in [0.3, 0.4) is 0 Å². The molecule has 0 fully saturated rings. The summed E-state index contributed by atoms with van der Waals surface area (Å²) in [5, 5.41) is 6.44. The molecule has 1 aromatic heterocycles. The molecule has 2 nitrogen and oxygen atoms in total. The van der Waals surface area contributed by atoms with Crippen LogP contribution in [0.5, 0.6) is 0 Å². The van der Waals surface area contributed by atoms with Gasteiger partial charge in [-0.1, -0.05) is 84.9 Å². The third kappa shape index (κ3) is 4.71. The highest BCUT2D eigenvalue weighted by molar-refractivity contribution is 7.95. The minimum absolute atomic E-state index is 0. The second-order valence-corrected chi connectivity index (χ2v) is 12.5. The van der Waals surface area contributed by atoms with Gasteiger partial charge in [-0.3, -0.25) is 0 Å². The lowest BCUT2D eigenvalue weighted by Crippen LogP contribution is -3.00. The van der Waals surface area contributed by atoms with E-state index in [0.29, 0.717) is 5.89 Å². The Hall–Kier alpha value is -3.71. The number of hydrogen-bond acceptors (Lipinski definition) is 2. The van der Waals surface area contributed by atoms with E-state index in [0.717, 1.165) is 23.2 Å². The van der Waals surface area contributed by atoms with Crippen molar-refractivity contribution in [2.24, 2.45) is 0 Å². The zero-order valence-electron chi connectivity index (χ0n) is 20.6. The van der Waals surface area contributed by atoms with Gasteiger partial charge in [-0.05, 0) is 66.2 Å². The average molecular weight is 520 g/mol. The second-order valence-electron chi connectivity index (χ2n) is 9.06. The molecule has 0 saturated carbocycles.